The molecule has 8 nitrogen and oxygen atoms in total. The van der Waals surface area contributed by atoms with Gasteiger partial charge in [-0.05, 0) is 75.2 Å². The lowest BCUT2D eigenvalue weighted by Crippen LogP contribution is -2.44. The fourth-order valence-electron chi connectivity index (χ4n) is 4.65. The lowest BCUT2D eigenvalue weighted by atomic mass is 9.90. The van der Waals surface area contributed by atoms with Crippen molar-refractivity contribution in [3.05, 3.63) is 53.0 Å². The average molecular weight is 532 g/mol. The molecule has 3 N–H and O–H groups in total. The smallest absolute Gasteiger partial charge is 0.257 e. The largest absolute Gasteiger partial charge is 0.490 e. The van der Waals surface area contributed by atoms with Gasteiger partial charge in [0, 0.05) is 12.1 Å². The summed E-state index contributed by atoms with van der Waals surface area (Å²) in [6.07, 6.45) is 5.55. The van der Waals surface area contributed by atoms with Crippen molar-refractivity contribution < 1.29 is 28.6 Å². The molecule has 2 fully saturated rings. The highest BCUT2D eigenvalue weighted by atomic mass is 32.2. The lowest BCUT2D eigenvalue weighted by molar-refractivity contribution is 0.0883. The molecule has 2 aliphatic rings. The van der Waals surface area contributed by atoms with Gasteiger partial charge in [-0.25, -0.2) is 9.37 Å². The summed E-state index contributed by atoms with van der Waals surface area (Å²) >= 11 is 1.87. The van der Waals surface area contributed by atoms with E-state index in [4.69, 9.17) is 14.6 Å². The van der Waals surface area contributed by atoms with Crippen LogP contribution >= 0.6 is 11.8 Å². The van der Waals surface area contributed by atoms with Gasteiger partial charge in [-0.3, -0.25) is 9.59 Å². The molecule has 1 aliphatic carbocycles. The van der Waals surface area contributed by atoms with Gasteiger partial charge in [-0.1, -0.05) is 11.6 Å². The van der Waals surface area contributed by atoms with Gasteiger partial charge in [0.15, 0.2) is 0 Å². The summed E-state index contributed by atoms with van der Waals surface area (Å²) in [6, 6.07) is 6.41. The third kappa shape index (κ3) is 7.58. The van der Waals surface area contributed by atoms with Crippen LogP contribution in [-0.2, 0) is 0 Å². The van der Waals surface area contributed by atoms with Gasteiger partial charge in [0.1, 0.15) is 29.8 Å². The number of amides is 2. The second-order valence-corrected chi connectivity index (χ2v) is 10.7. The van der Waals surface area contributed by atoms with Crippen LogP contribution in [-0.4, -0.2) is 64.8 Å². The number of pyridine rings is 1. The van der Waals surface area contributed by atoms with E-state index < -0.39 is 11.7 Å². The van der Waals surface area contributed by atoms with Crippen molar-refractivity contribution in [2.45, 2.75) is 63.6 Å². The Bertz CT molecular complexity index is 1090. The Morgan fingerprint density at radius 2 is 1.68 bits per heavy atom. The van der Waals surface area contributed by atoms with Gasteiger partial charge in [0.25, 0.3) is 11.8 Å². The number of nitrogens with one attached hydrogen (secondary N) is 2. The van der Waals surface area contributed by atoms with Crippen LogP contribution in [0.5, 0.6) is 11.6 Å². The summed E-state index contributed by atoms with van der Waals surface area (Å²) in [6.45, 7) is 1.88. The molecule has 2 amide bonds. The Labute approximate surface area is 220 Å². The molecule has 0 atom stereocenters. The molecule has 10 heteroatoms. The summed E-state index contributed by atoms with van der Waals surface area (Å²) in [7, 11) is 0. The number of hydrogen-bond acceptors (Lipinski definition) is 7. The maximum atomic E-state index is 13.9. The molecule has 1 aromatic heterocycles. The van der Waals surface area contributed by atoms with Crippen molar-refractivity contribution in [1.82, 2.24) is 15.6 Å². The normalized spacial score (nSPS) is 20.2. The third-order valence-corrected chi connectivity index (χ3v) is 7.68. The molecule has 0 spiro atoms. The van der Waals surface area contributed by atoms with Crippen molar-refractivity contribution in [2.75, 3.05) is 24.7 Å². The predicted octanol–water partition coefficient (Wildman–Crippen LogP) is 3.65. The van der Waals surface area contributed by atoms with Crippen LogP contribution in [0.4, 0.5) is 4.39 Å². The molecule has 1 saturated carbocycles. The van der Waals surface area contributed by atoms with E-state index in [0.29, 0.717) is 37.0 Å². The lowest BCUT2D eigenvalue weighted by Gasteiger charge is -2.30. The van der Waals surface area contributed by atoms with Gasteiger partial charge < -0.3 is 25.2 Å². The number of aliphatic hydroxyl groups is 1. The highest BCUT2D eigenvalue weighted by Crippen LogP contribution is 2.26. The quantitative estimate of drug-likeness (QED) is 0.453. The van der Waals surface area contributed by atoms with Crippen molar-refractivity contribution >= 4 is 23.6 Å². The van der Waals surface area contributed by atoms with Crippen molar-refractivity contribution in [1.29, 1.82) is 0 Å². The molecule has 37 heavy (non-hydrogen) atoms. The van der Waals surface area contributed by atoms with Crippen LogP contribution in [0.25, 0.3) is 0 Å². The zero-order chi connectivity index (χ0) is 26.2. The second-order valence-electron chi connectivity index (χ2n) is 9.50. The van der Waals surface area contributed by atoms with E-state index in [-0.39, 0.29) is 48.8 Å². The van der Waals surface area contributed by atoms with Gasteiger partial charge in [0.05, 0.1) is 18.4 Å². The monoisotopic (exact) mass is 531 g/mol. The molecule has 1 aromatic carbocycles. The highest BCUT2D eigenvalue weighted by Gasteiger charge is 2.27. The van der Waals surface area contributed by atoms with E-state index in [2.05, 4.69) is 15.6 Å². The van der Waals surface area contributed by atoms with Crippen LogP contribution in [0.3, 0.4) is 0 Å². The van der Waals surface area contributed by atoms with Crippen LogP contribution in [0.2, 0.25) is 0 Å². The molecular formula is C27H34FN3O5S. The number of carbonyl (C=O) groups excluding carboxylic acids is 2. The maximum absolute atomic E-state index is 13.9. The summed E-state index contributed by atoms with van der Waals surface area (Å²) in [5.41, 5.74) is 1.49. The number of aromatic nitrogens is 1. The number of rotatable bonds is 9. The fourth-order valence-corrected chi connectivity index (χ4v) is 5.71. The molecule has 1 aliphatic heterocycles. The van der Waals surface area contributed by atoms with Crippen molar-refractivity contribution in [2.24, 2.45) is 0 Å². The Morgan fingerprint density at radius 3 is 2.32 bits per heavy atom. The first kappa shape index (κ1) is 27.2. The number of aryl methyl sites for hydroxylation is 1. The highest BCUT2D eigenvalue weighted by molar-refractivity contribution is 7.99. The summed E-state index contributed by atoms with van der Waals surface area (Å²) < 4.78 is 25.4. The zero-order valence-electron chi connectivity index (χ0n) is 21.0. The minimum Gasteiger partial charge on any atom is -0.490 e. The molecule has 0 bridgehead atoms. The van der Waals surface area contributed by atoms with Crippen LogP contribution < -0.4 is 20.1 Å². The number of thioether (sulfide) groups is 1. The first-order valence-electron chi connectivity index (χ1n) is 12.8. The number of ether oxygens (including phenoxy) is 2. The molecule has 1 saturated heterocycles. The zero-order valence-corrected chi connectivity index (χ0v) is 21.8. The second kappa shape index (κ2) is 13.1. The third-order valence-electron chi connectivity index (χ3n) is 6.64. The van der Waals surface area contributed by atoms with Crippen molar-refractivity contribution in [3.8, 4) is 11.6 Å². The number of carbonyl (C=O) groups is 2. The first-order valence-corrected chi connectivity index (χ1v) is 13.9. The topological polar surface area (TPSA) is 110 Å². The minimum atomic E-state index is -0.582. The van der Waals surface area contributed by atoms with Crippen LogP contribution in [0.1, 0.15) is 64.8 Å². The molecule has 2 aromatic rings. The van der Waals surface area contributed by atoms with E-state index in [1.165, 1.54) is 6.07 Å². The molecule has 0 radical (unpaired) electrons. The van der Waals surface area contributed by atoms with Crippen molar-refractivity contribution in [3.63, 3.8) is 0 Å². The predicted molar refractivity (Wildman–Crippen MR) is 140 cm³/mol. The summed E-state index contributed by atoms with van der Waals surface area (Å²) in [5.74, 6) is 1.40. The summed E-state index contributed by atoms with van der Waals surface area (Å²) in [5, 5.41) is 15.1. The molecule has 2 heterocycles. The standard InChI is InChI=1S/C27H34FN3O5S/c1-17-2-7-24(35-11-10-32)22(14-17)25(33)30-19-3-5-20(6-4-19)31-26(34)23-15-18(28)16-29-27(23)36-21-8-12-37-13-9-21/h2,7,14-16,19-21,32H,3-6,8-13H2,1H3,(H,30,33)(H,31,34). The minimum absolute atomic E-state index is 0.0206. The van der Waals surface area contributed by atoms with Crippen LogP contribution in [0, 0.1) is 12.7 Å². The van der Waals surface area contributed by atoms with Gasteiger partial charge in [0.2, 0.25) is 5.88 Å². The Kier molecular flexibility index (Phi) is 9.62. The molecule has 4 rings (SSSR count). The Balaban J connectivity index is 1.31. The average Bonchev–Trinajstić information content (AvgIpc) is 2.90. The van der Waals surface area contributed by atoms with E-state index in [0.717, 1.165) is 36.1 Å². The van der Waals surface area contributed by atoms with E-state index in [1.807, 2.05) is 24.8 Å². The number of hydrogen-bond donors (Lipinski definition) is 3. The molecule has 200 valence electrons. The SMILES string of the molecule is Cc1ccc(OCCO)c(C(=O)NC2CCC(NC(=O)c3cc(F)cnc3OC3CCSCC3)CC2)c1. The van der Waals surface area contributed by atoms with Crippen LogP contribution in [0.15, 0.2) is 30.5 Å². The number of benzene rings is 1. The first-order chi connectivity index (χ1) is 17.9. The van der Waals surface area contributed by atoms with E-state index in [9.17, 15) is 14.0 Å². The molecule has 0 unspecified atom stereocenters. The van der Waals surface area contributed by atoms with E-state index in [1.54, 1.807) is 12.1 Å². The Morgan fingerprint density at radius 1 is 1.03 bits per heavy atom. The number of halogens is 1. The van der Waals surface area contributed by atoms with E-state index >= 15 is 0 Å². The fraction of sp³-hybridized carbons (Fsp3) is 0.519. The maximum Gasteiger partial charge on any atom is 0.257 e. The number of aliphatic hydroxyl groups excluding tert-OH is 1. The van der Waals surface area contributed by atoms with Gasteiger partial charge in [-0.15, -0.1) is 0 Å². The van der Waals surface area contributed by atoms with Gasteiger partial charge >= 0.3 is 0 Å². The molecular weight excluding hydrogens is 497 g/mol. The summed E-state index contributed by atoms with van der Waals surface area (Å²) in [4.78, 5) is 30.0. The Hall–Kier alpha value is -2.85. The number of nitrogens with zero attached hydrogens (tertiary/aromatic N) is 1. The van der Waals surface area contributed by atoms with Gasteiger partial charge in [-0.2, -0.15) is 11.8 Å².